The van der Waals surface area contributed by atoms with Gasteiger partial charge in [-0.1, -0.05) is 27.2 Å². The third-order valence-corrected chi connectivity index (χ3v) is 9.20. The van der Waals surface area contributed by atoms with Crippen molar-refractivity contribution < 1.29 is 9.53 Å². The molecular formula is C22H36O2. The Morgan fingerprint density at radius 2 is 1.83 bits per heavy atom. The van der Waals surface area contributed by atoms with Gasteiger partial charge < -0.3 is 4.74 Å². The van der Waals surface area contributed by atoms with Crippen LogP contribution in [0.25, 0.3) is 0 Å². The molecule has 0 heterocycles. The molecule has 0 aliphatic heterocycles. The minimum Gasteiger partial charge on any atom is -0.465 e. The summed E-state index contributed by atoms with van der Waals surface area (Å²) in [6, 6.07) is 0. The van der Waals surface area contributed by atoms with Crippen LogP contribution in [0.5, 0.6) is 0 Å². The van der Waals surface area contributed by atoms with Gasteiger partial charge in [-0.15, -0.1) is 0 Å². The Hall–Kier alpha value is -0.530. The predicted molar refractivity (Wildman–Crippen MR) is 96.5 cm³/mol. The van der Waals surface area contributed by atoms with Crippen LogP contribution < -0.4 is 0 Å². The first-order valence-corrected chi connectivity index (χ1v) is 10.4. The summed E-state index contributed by atoms with van der Waals surface area (Å²) >= 11 is 0. The zero-order valence-corrected chi connectivity index (χ0v) is 16.2. The Morgan fingerprint density at radius 3 is 2.58 bits per heavy atom. The molecule has 4 aliphatic carbocycles. The Labute approximate surface area is 148 Å². The van der Waals surface area contributed by atoms with Gasteiger partial charge in [0.1, 0.15) is 0 Å². The molecule has 136 valence electrons. The minimum absolute atomic E-state index is 0.110. The third kappa shape index (κ3) is 2.31. The van der Waals surface area contributed by atoms with Crippen LogP contribution in [-0.2, 0) is 9.53 Å². The van der Waals surface area contributed by atoms with E-state index in [0.29, 0.717) is 17.4 Å². The van der Waals surface area contributed by atoms with Crippen LogP contribution in [0.2, 0.25) is 0 Å². The van der Waals surface area contributed by atoms with Crippen molar-refractivity contribution in [3.63, 3.8) is 0 Å². The highest BCUT2D eigenvalue weighted by molar-refractivity contribution is 5.65. The van der Waals surface area contributed by atoms with E-state index in [1.54, 1.807) is 6.92 Å². The monoisotopic (exact) mass is 332 g/mol. The average Bonchev–Trinajstić information content (AvgIpc) is 2.74. The van der Waals surface area contributed by atoms with Crippen molar-refractivity contribution in [3.05, 3.63) is 0 Å². The molecule has 0 saturated heterocycles. The molecule has 0 aromatic heterocycles. The summed E-state index contributed by atoms with van der Waals surface area (Å²) in [5.41, 5.74) is 1.33. The SMILES string of the molecule is CC(=O)OC[C@]1(C)CCC[C@]2(C)[C@@H]1CC[C@@]13C[C@@H](CC[C@H]12)[C@@H](C)C3. The van der Waals surface area contributed by atoms with Crippen molar-refractivity contribution in [1.29, 1.82) is 0 Å². The number of carbonyl (C=O) groups is 1. The lowest BCUT2D eigenvalue weighted by atomic mass is 9.41. The molecule has 2 nitrogen and oxygen atoms in total. The zero-order chi connectivity index (χ0) is 17.2. The quantitative estimate of drug-likeness (QED) is 0.615. The summed E-state index contributed by atoms with van der Waals surface area (Å²) in [6.07, 6.45) is 12.7. The van der Waals surface area contributed by atoms with Crippen molar-refractivity contribution in [1.82, 2.24) is 0 Å². The molecule has 0 aromatic carbocycles. The predicted octanol–water partition coefficient (Wildman–Crippen LogP) is 5.60. The fraction of sp³-hybridized carbons (Fsp3) is 0.955. The maximum absolute atomic E-state index is 11.4. The van der Waals surface area contributed by atoms with Gasteiger partial charge in [-0.3, -0.25) is 4.79 Å². The molecule has 24 heavy (non-hydrogen) atoms. The molecule has 4 fully saturated rings. The van der Waals surface area contributed by atoms with Gasteiger partial charge >= 0.3 is 5.97 Å². The van der Waals surface area contributed by atoms with Crippen LogP contribution in [0.15, 0.2) is 0 Å². The van der Waals surface area contributed by atoms with Gasteiger partial charge in [0.05, 0.1) is 6.61 Å². The van der Waals surface area contributed by atoms with E-state index >= 15 is 0 Å². The van der Waals surface area contributed by atoms with Crippen molar-refractivity contribution in [2.75, 3.05) is 6.61 Å². The smallest absolute Gasteiger partial charge is 0.302 e. The second kappa shape index (κ2) is 5.48. The number of fused-ring (bicyclic) bond motifs is 3. The van der Waals surface area contributed by atoms with Gasteiger partial charge in [-0.05, 0) is 85.9 Å². The molecule has 4 aliphatic rings. The van der Waals surface area contributed by atoms with E-state index in [0.717, 1.165) is 23.7 Å². The fourth-order valence-corrected chi connectivity index (χ4v) is 8.36. The van der Waals surface area contributed by atoms with Gasteiger partial charge in [0.25, 0.3) is 0 Å². The summed E-state index contributed by atoms with van der Waals surface area (Å²) in [7, 11) is 0. The van der Waals surface area contributed by atoms with Crippen molar-refractivity contribution >= 4 is 5.97 Å². The van der Waals surface area contributed by atoms with E-state index in [2.05, 4.69) is 20.8 Å². The number of ether oxygens (including phenoxy) is 1. The summed E-state index contributed by atoms with van der Waals surface area (Å²) in [5, 5.41) is 0. The highest BCUT2D eigenvalue weighted by Crippen LogP contribution is 2.72. The van der Waals surface area contributed by atoms with Crippen molar-refractivity contribution in [3.8, 4) is 0 Å². The molecule has 4 rings (SSSR count). The highest BCUT2D eigenvalue weighted by Gasteiger charge is 2.64. The lowest BCUT2D eigenvalue weighted by Crippen LogP contribution is -2.57. The fourth-order valence-electron chi connectivity index (χ4n) is 8.36. The van der Waals surface area contributed by atoms with Gasteiger partial charge in [0.15, 0.2) is 0 Å². The van der Waals surface area contributed by atoms with E-state index < -0.39 is 0 Å². The number of esters is 1. The van der Waals surface area contributed by atoms with Gasteiger partial charge in [0.2, 0.25) is 0 Å². The Kier molecular flexibility index (Phi) is 3.86. The molecule has 0 unspecified atom stereocenters. The van der Waals surface area contributed by atoms with E-state index in [4.69, 9.17) is 4.74 Å². The van der Waals surface area contributed by atoms with Gasteiger partial charge in [-0.2, -0.15) is 0 Å². The molecule has 0 radical (unpaired) electrons. The third-order valence-electron chi connectivity index (χ3n) is 9.20. The average molecular weight is 333 g/mol. The Morgan fingerprint density at radius 1 is 1.04 bits per heavy atom. The highest BCUT2D eigenvalue weighted by atomic mass is 16.5. The van der Waals surface area contributed by atoms with E-state index in [9.17, 15) is 4.79 Å². The molecule has 0 amide bonds. The van der Waals surface area contributed by atoms with E-state index in [1.165, 1.54) is 57.8 Å². The Balaban J connectivity index is 1.63. The van der Waals surface area contributed by atoms with Crippen LogP contribution in [-0.4, -0.2) is 12.6 Å². The molecule has 7 atom stereocenters. The molecule has 0 aromatic rings. The van der Waals surface area contributed by atoms with Crippen LogP contribution in [0.4, 0.5) is 0 Å². The molecule has 2 bridgehead atoms. The summed E-state index contributed by atoms with van der Waals surface area (Å²) in [4.78, 5) is 11.4. The van der Waals surface area contributed by atoms with Gasteiger partial charge in [0, 0.05) is 12.3 Å². The molecular weight excluding hydrogens is 296 g/mol. The summed E-state index contributed by atoms with van der Waals surface area (Å²) in [5.74, 6) is 3.51. The van der Waals surface area contributed by atoms with Gasteiger partial charge in [-0.25, -0.2) is 0 Å². The topological polar surface area (TPSA) is 26.3 Å². The Bertz CT molecular complexity index is 524. The number of rotatable bonds is 2. The van der Waals surface area contributed by atoms with Crippen molar-refractivity contribution in [2.45, 2.75) is 85.5 Å². The van der Waals surface area contributed by atoms with E-state index in [1.807, 2.05) is 0 Å². The standard InChI is InChI=1S/C22H36O2/c1-15-12-22-11-8-18-20(3,14-24-16(2)23)9-5-10-21(18,4)19(22)7-6-17(15)13-22/h15,17-19H,5-14H2,1-4H3/t15-,17+,18+,19-,20-,21+,22+/m0/s1. The zero-order valence-electron chi connectivity index (χ0n) is 16.2. The molecule has 1 spiro atoms. The first-order valence-electron chi connectivity index (χ1n) is 10.4. The van der Waals surface area contributed by atoms with Crippen molar-refractivity contribution in [2.24, 2.45) is 39.9 Å². The second-order valence-electron chi connectivity index (χ2n) is 10.5. The summed E-state index contributed by atoms with van der Waals surface area (Å²) in [6.45, 7) is 9.75. The normalized spacial score (nSPS) is 53.2. The largest absolute Gasteiger partial charge is 0.465 e. The first kappa shape index (κ1) is 16.9. The summed E-state index contributed by atoms with van der Waals surface area (Å²) < 4.78 is 5.55. The molecule has 4 saturated carbocycles. The molecule has 2 heteroatoms. The lowest BCUT2D eigenvalue weighted by Gasteiger charge is -2.64. The minimum atomic E-state index is -0.110. The van der Waals surface area contributed by atoms with Crippen LogP contribution >= 0.6 is 0 Å². The van der Waals surface area contributed by atoms with Crippen LogP contribution in [0, 0.1) is 39.9 Å². The number of hydrogen-bond acceptors (Lipinski definition) is 2. The van der Waals surface area contributed by atoms with Crippen LogP contribution in [0.1, 0.15) is 85.5 Å². The number of hydrogen-bond donors (Lipinski definition) is 0. The number of carbonyl (C=O) groups excluding carboxylic acids is 1. The van der Waals surface area contributed by atoms with Crippen LogP contribution in [0.3, 0.4) is 0 Å². The first-order chi connectivity index (χ1) is 11.3. The lowest BCUT2D eigenvalue weighted by molar-refractivity contribution is -0.172. The van der Waals surface area contributed by atoms with E-state index in [-0.39, 0.29) is 11.4 Å². The molecule has 0 N–H and O–H groups in total. The second-order valence-corrected chi connectivity index (χ2v) is 10.5. The maximum Gasteiger partial charge on any atom is 0.302 e. The maximum atomic E-state index is 11.4.